The van der Waals surface area contributed by atoms with Gasteiger partial charge in [-0.2, -0.15) is 0 Å². The maximum atomic E-state index is 11.4. The lowest BCUT2D eigenvalue weighted by Crippen LogP contribution is -2.63. The van der Waals surface area contributed by atoms with Crippen molar-refractivity contribution in [3.05, 3.63) is 0 Å². The van der Waals surface area contributed by atoms with Gasteiger partial charge in [-0.05, 0) is 0 Å². The minimum Gasteiger partial charge on any atom is -0.456 e. The van der Waals surface area contributed by atoms with E-state index in [0.717, 1.165) is 20.8 Å². The molecule has 1 unspecified atom stereocenters. The van der Waals surface area contributed by atoms with E-state index in [2.05, 4.69) is 5.32 Å². The Labute approximate surface area is 138 Å². The highest BCUT2D eigenvalue weighted by atomic mass is 16.7. The summed E-state index contributed by atoms with van der Waals surface area (Å²) in [7, 11) is 0. The highest BCUT2D eigenvalue weighted by Gasteiger charge is 2.51. The Morgan fingerprint density at radius 3 is 1.79 bits per heavy atom. The van der Waals surface area contributed by atoms with Gasteiger partial charge in [0.1, 0.15) is 6.10 Å². The van der Waals surface area contributed by atoms with E-state index in [4.69, 9.17) is 18.9 Å². The van der Waals surface area contributed by atoms with Crippen LogP contribution in [0.15, 0.2) is 0 Å². The van der Waals surface area contributed by atoms with Gasteiger partial charge in [-0.1, -0.05) is 0 Å². The van der Waals surface area contributed by atoms with Gasteiger partial charge in [-0.3, -0.25) is 19.2 Å². The van der Waals surface area contributed by atoms with E-state index < -0.39 is 48.6 Å². The zero-order valence-corrected chi connectivity index (χ0v) is 13.8. The summed E-state index contributed by atoms with van der Waals surface area (Å²) in [6.45, 7) is 4.49. The third kappa shape index (κ3) is 5.78. The van der Waals surface area contributed by atoms with Crippen LogP contribution < -0.4 is 5.32 Å². The molecule has 136 valence electrons. The van der Waals surface area contributed by atoms with Crippen LogP contribution >= 0.6 is 0 Å². The number of rotatable bonds is 5. The van der Waals surface area contributed by atoms with E-state index in [1.807, 2.05) is 0 Å². The Bertz CT molecular complexity index is 506. The number of amides is 1. The quantitative estimate of drug-likeness (QED) is 0.456. The number of nitrogens with one attached hydrogen (secondary N) is 1. The molecule has 1 aliphatic heterocycles. The lowest BCUT2D eigenvalue weighted by Gasteiger charge is -2.42. The highest BCUT2D eigenvalue weighted by molar-refractivity contribution is 5.73. The number of ether oxygens (including phenoxy) is 4. The lowest BCUT2D eigenvalue weighted by molar-refractivity contribution is -0.290. The summed E-state index contributed by atoms with van der Waals surface area (Å²) in [6.07, 6.45) is -6.51. The smallest absolute Gasteiger partial charge is 0.303 e. The van der Waals surface area contributed by atoms with Crippen molar-refractivity contribution in [1.29, 1.82) is 0 Å². The largest absolute Gasteiger partial charge is 0.456 e. The summed E-state index contributed by atoms with van der Waals surface area (Å²) in [6, 6.07) is 0. The number of carbonyl (C=O) groups is 4. The van der Waals surface area contributed by atoms with Crippen LogP contribution in [0.3, 0.4) is 0 Å². The number of aliphatic hydroxyl groups is 1. The lowest BCUT2D eigenvalue weighted by atomic mass is 9.97. The van der Waals surface area contributed by atoms with E-state index in [9.17, 15) is 24.3 Å². The van der Waals surface area contributed by atoms with Crippen LogP contribution in [0, 0.1) is 0 Å². The molecule has 1 saturated heterocycles. The van der Waals surface area contributed by atoms with Crippen LogP contribution in [-0.2, 0) is 38.1 Å². The van der Waals surface area contributed by atoms with Crippen LogP contribution in [-0.4, -0.2) is 66.2 Å². The number of carbonyl (C=O) groups excluding carboxylic acids is 4. The topological polar surface area (TPSA) is 137 Å². The van der Waals surface area contributed by atoms with Gasteiger partial charge in [-0.15, -0.1) is 0 Å². The van der Waals surface area contributed by atoms with Crippen LogP contribution in [0.4, 0.5) is 0 Å². The molecule has 0 aromatic rings. The number of hydrogen-bond acceptors (Lipinski definition) is 9. The molecule has 24 heavy (non-hydrogen) atoms. The molecule has 0 bridgehead atoms. The Morgan fingerprint density at radius 1 is 0.875 bits per heavy atom. The van der Waals surface area contributed by atoms with Crippen LogP contribution in [0.25, 0.3) is 0 Å². The zero-order valence-electron chi connectivity index (χ0n) is 13.8. The fourth-order valence-corrected chi connectivity index (χ4v) is 2.28. The molecular weight excluding hydrogens is 326 g/mol. The normalized spacial score (nSPS) is 29.3. The minimum absolute atomic E-state index is 0.116. The van der Waals surface area contributed by atoms with Crippen molar-refractivity contribution in [3.63, 3.8) is 0 Å². The first-order valence-electron chi connectivity index (χ1n) is 7.21. The van der Waals surface area contributed by atoms with E-state index in [1.54, 1.807) is 0 Å². The Balaban J connectivity index is 3.11. The Morgan fingerprint density at radius 2 is 1.33 bits per heavy atom. The van der Waals surface area contributed by atoms with E-state index >= 15 is 0 Å². The molecule has 0 aromatic carbocycles. The zero-order chi connectivity index (χ0) is 18.4. The molecular formula is C14H21NO9. The van der Waals surface area contributed by atoms with Crippen LogP contribution in [0.5, 0.6) is 0 Å². The average Bonchev–Trinajstić information content (AvgIpc) is 2.42. The van der Waals surface area contributed by atoms with Gasteiger partial charge >= 0.3 is 17.9 Å². The summed E-state index contributed by atoms with van der Waals surface area (Å²) in [4.78, 5) is 45.0. The number of aliphatic hydroxyl groups excluding tert-OH is 1. The SMILES string of the molecule is CC(=O)NC[C@H]1OC(O)[C@H](OC(C)=O)[C@@H](OC(C)=O)[C@@H]1OC(C)=O. The van der Waals surface area contributed by atoms with Crippen LogP contribution in [0.1, 0.15) is 27.7 Å². The third-order valence-corrected chi connectivity index (χ3v) is 3.07. The van der Waals surface area contributed by atoms with Gasteiger partial charge in [0, 0.05) is 34.2 Å². The molecule has 2 N–H and O–H groups in total. The van der Waals surface area contributed by atoms with Gasteiger partial charge in [-0.25, -0.2) is 0 Å². The second-order valence-corrected chi connectivity index (χ2v) is 5.22. The van der Waals surface area contributed by atoms with E-state index in [-0.39, 0.29) is 12.5 Å². The van der Waals surface area contributed by atoms with Crippen molar-refractivity contribution in [3.8, 4) is 0 Å². The van der Waals surface area contributed by atoms with Gasteiger partial charge in [0.15, 0.2) is 24.6 Å². The highest BCUT2D eigenvalue weighted by Crippen LogP contribution is 2.27. The second-order valence-electron chi connectivity index (χ2n) is 5.22. The number of esters is 3. The van der Waals surface area contributed by atoms with Gasteiger partial charge in [0.25, 0.3) is 0 Å². The standard InChI is InChI=1S/C14H21NO9/c1-6(16)15-5-10-11(21-7(2)17)12(22-8(3)18)13(14(20)24-10)23-9(4)19/h10-14,20H,5H2,1-4H3,(H,15,16)/t10-,11-,12+,13-,14?/m1/s1. The van der Waals surface area contributed by atoms with E-state index in [1.165, 1.54) is 6.92 Å². The summed E-state index contributed by atoms with van der Waals surface area (Å²) in [5, 5.41) is 12.5. The van der Waals surface area contributed by atoms with Gasteiger partial charge in [0.2, 0.25) is 5.91 Å². The van der Waals surface area contributed by atoms with Crippen molar-refractivity contribution in [2.45, 2.75) is 58.4 Å². The minimum atomic E-state index is -1.64. The molecule has 1 amide bonds. The van der Waals surface area contributed by atoms with Crippen molar-refractivity contribution in [2.24, 2.45) is 0 Å². The molecule has 0 radical (unpaired) electrons. The van der Waals surface area contributed by atoms with Crippen LogP contribution in [0.2, 0.25) is 0 Å². The maximum absolute atomic E-state index is 11.4. The number of hydrogen-bond donors (Lipinski definition) is 2. The first-order valence-corrected chi connectivity index (χ1v) is 7.21. The summed E-state index contributed by atoms with van der Waals surface area (Å²) in [5.74, 6) is -2.56. The second kappa shape index (κ2) is 8.60. The molecule has 0 aliphatic carbocycles. The molecule has 1 rings (SSSR count). The Hall–Kier alpha value is -2.20. The first-order chi connectivity index (χ1) is 11.1. The van der Waals surface area contributed by atoms with Crippen molar-refractivity contribution < 1.29 is 43.2 Å². The monoisotopic (exact) mass is 347 g/mol. The molecule has 0 spiro atoms. The first kappa shape index (κ1) is 19.8. The molecule has 10 nitrogen and oxygen atoms in total. The summed E-state index contributed by atoms with van der Waals surface area (Å²) in [5.41, 5.74) is 0. The summed E-state index contributed by atoms with van der Waals surface area (Å²) >= 11 is 0. The molecule has 10 heteroatoms. The summed E-state index contributed by atoms with van der Waals surface area (Å²) < 4.78 is 20.4. The van der Waals surface area contributed by atoms with Crippen molar-refractivity contribution >= 4 is 23.8 Å². The van der Waals surface area contributed by atoms with Gasteiger partial charge in [0.05, 0.1) is 0 Å². The van der Waals surface area contributed by atoms with Crippen molar-refractivity contribution in [1.82, 2.24) is 5.32 Å². The van der Waals surface area contributed by atoms with Gasteiger partial charge < -0.3 is 29.4 Å². The molecule has 1 heterocycles. The fraction of sp³-hybridized carbons (Fsp3) is 0.714. The predicted octanol–water partition coefficient (Wildman–Crippen LogP) is -1.37. The predicted molar refractivity (Wildman–Crippen MR) is 76.2 cm³/mol. The molecule has 0 aromatic heterocycles. The molecule has 1 aliphatic rings. The van der Waals surface area contributed by atoms with E-state index in [0.29, 0.717) is 0 Å². The molecule has 1 fully saturated rings. The molecule has 0 saturated carbocycles. The molecule has 5 atom stereocenters. The third-order valence-electron chi connectivity index (χ3n) is 3.07. The Kier molecular flexibility index (Phi) is 7.11. The fourth-order valence-electron chi connectivity index (χ4n) is 2.28. The average molecular weight is 347 g/mol. The maximum Gasteiger partial charge on any atom is 0.303 e. The van der Waals surface area contributed by atoms with Crippen molar-refractivity contribution in [2.75, 3.05) is 6.54 Å².